The van der Waals surface area contributed by atoms with E-state index in [1.165, 1.54) is 6.92 Å². The second kappa shape index (κ2) is 5.48. The predicted molar refractivity (Wildman–Crippen MR) is 64.5 cm³/mol. The molecule has 1 saturated heterocycles. The number of barbiturate groups is 1. The second-order valence-corrected chi connectivity index (χ2v) is 4.95. The maximum Gasteiger partial charge on any atom is 0.328 e. The van der Waals surface area contributed by atoms with Gasteiger partial charge in [-0.2, -0.15) is 0 Å². The molecule has 0 aromatic heterocycles. The lowest BCUT2D eigenvalue weighted by molar-refractivity contribution is -0.151. The highest BCUT2D eigenvalue weighted by Gasteiger charge is 2.53. The zero-order chi connectivity index (χ0) is 13.9. The molecule has 6 heteroatoms. The third-order valence-corrected chi connectivity index (χ3v) is 3.44. The molecule has 0 aromatic rings. The number of carbonyl (C=O) groups is 3. The molecule has 3 N–H and O–H groups in total. The van der Waals surface area contributed by atoms with Crippen LogP contribution in [-0.2, 0) is 9.59 Å². The SMILES string of the molecule is CCC[C@@H](C)C1(C[C@H](C)O)C(=O)NC(=O)NC1=O. The monoisotopic (exact) mass is 256 g/mol. The van der Waals surface area contributed by atoms with Gasteiger partial charge in [-0.3, -0.25) is 20.2 Å². The summed E-state index contributed by atoms with van der Waals surface area (Å²) in [6.07, 6.45) is 0.701. The zero-order valence-corrected chi connectivity index (χ0v) is 10.9. The number of imide groups is 2. The van der Waals surface area contributed by atoms with Gasteiger partial charge in [0.2, 0.25) is 11.8 Å². The van der Waals surface area contributed by atoms with Gasteiger partial charge in [0.25, 0.3) is 0 Å². The molecule has 0 radical (unpaired) electrons. The number of amides is 4. The van der Waals surface area contributed by atoms with E-state index >= 15 is 0 Å². The van der Waals surface area contributed by atoms with E-state index in [4.69, 9.17) is 0 Å². The first-order valence-electron chi connectivity index (χ1n) is 6.19. The molecular weight excluding hydrogens is 236 g/mol. The first-order valence-corrected chi connectivity index (χ1v) is 6.19. The van der Waals surface area contributed by atoms with Gasteiger partial charge in [-0.15, -0.1) is 0 Å². The van der Waals surface area contributed by atoms with E-state index in [-0.39, 0.29) is 12.3 Å². The summed E-state index contributed by atoms with van der Waals surface area (Å²) in [5, 5.41) is 13.8. The van der Waals surface area contributed by atoms with Gasteiger partial charge in [0.1, 0.15) is 5.41 Å². The van der Waals surface area contributed by atoms with Crippen LogP contribution in [-0.4, -0.2) is 29.1 Å². The van der Waals surface area contributed by atoms with Gasteiger partial charge in [0, 0.05) is 0 Å². The summed E-state index contributed by atoms with van der Waals surface area (Å²) >= 11 is 0. The minimum absolute atomic E-state index is 0.0130. The molecule has 2 atom stereocenters. The Kier molecular flexibility index (Phi) is 4.45. The van der Waals surface area contributed by atoms with Gasteiger partial charge >= 0.3 is 6.03 Å². The van der Waals surface area contributed by atoms with Crippen molar-refractivity contribution in [1.29, 1.82) is 0 Å². The summed E-state index contributed by atoms with van der Waals surface area (Å²) < 4.78 is 0. The van der Waals surface area contributed by atoms with E-state index in [1.807, 2.05) is 6.92 Å². The highest BCUT2D eigenvalue weighted by molar-refractivity contribution is 6.19. The summed E-state index contributed by atoms with van der Waals surface area (Å²) in [5.41, 5.74) is -1.36. The number of urea groups is 1. The maximum atomic E-state index is 12.1. The molecule has 6 nitrogen and oxygen atoms in total. The largest absolute Gasteiger partial charge is 0.393 e. The third-order valence-electron chi connectivity index (χ3n) is 3.44. The smallest absolute Gasteiger partial charge is 0.328 e. The molecule has 0 unspecified atom stereocenters. The Labute approximate surface area is 106 Å². The first-order chi connectivity index (χ1) is 8.34. The average molecular weight is 256 g/mol. The molecule has 0 aromatic carbocycles. The molecule has 4 amide bonds. The van der Waals surface area contributed by atoms with Crippen molar-refractivity contribution in [2.24, 2.45) is 11.3 Å². The molecule has 1 heterocycles. The van der Waals surface area contributed by atoms with E-state index in [0.29, 0.717) is 6.42 Å². The Morgan fingerprint density at radius 1 is 1.17 bits per heavy atom. The van der Waals surface area contributed by atoms with Crippen LogP contribution in [0.1, 0.15) is 40.0 Å². The molecule has 102 valence electrons. The van der Waals surface area contributed by atoms with Crippen LogP contribution in [0.4, 0.5) is 4.79 Å². The third kappa shape index (κ3) is 2.53. The number of carbonyl (C=O) groups excluding carboxylic acids is 3. The van der Waals surface area contributed by atoms with Crippen LogP contribution < -0.4 is 10.6 Å². The molecule has 1 rings (SSSR count). The normalized spacial score (nSPS) is 22.1. The lowest BCUT2D eigenvalue weighted by Gasteiger charge is -2.39. The minimum Gasteiger partial charge on any atom is -0.393 e. The molecule has 1 fully saturated rings. The zero-order valence-electron chi connectivity index (χ0n) is 10.9. The van der Waals surface area contributed by atoms with Crippen molar-refractivity contribution in [3.05, 3.63) is 0 Å². The van der Waals surface area contributed by atoms with Crippen LogP contribution in [0.3, 0.4) is 0 Å². The Balaban J connectivity index is 3.13. The van der Waals surface area contributed by atoms with Crippen molar-refractivity contribution >= 4 is 17.8 Å². The lowest BCUT2D eigenvalue weighted by atomic mass is 9.68. The van der Waals surface area contributed by atoms with E-state index in [9.17, 15) is 19.5 Å². The van der Waals surface area contributed by atoms with Crippen LogP contribution >= 0.6 is 0 Å². The van der Waals surface area contributed by atoms with Gasteiger partial charge in [-0.1, -0.05) is 20.3 Å². The second-order valence-electron chi connectivity index (χ2n) is 4.95. The summed E-state index contributed by atoms with van der Waals surface area (Å²) in [6.45, 7) is 5.27. The highest BCUT2D eigenvalue weighted by atomic mass is 16.3. The Morgan fingerprint density at radius 3 is 2.06 bits per heavy atom. The van der Waals surface area contributed by atoms with Gasteiger partial charge in [0.15, 0.2) is 0 Å². The topological polar surface area (TPSA) is 95.5 Å². The number of nitrogens with one attached hydrogen (secondary N) is 2. The number of rotatable bonds is 5. The van der Waals surface area contributed by atoms with Crippen LogP contribution in [0.5, 0.6) is 0 Å². The van der Waals surface area contributed by atoms with Crippen molar-refractivity contribution in [3.63, 3.8) is 0 Å². The van der Waals surface area contributed by atoms with Gasteiger partial charge in [-0.25, -0.2) is 4.79 Å². The summed E-state index contributed by atoms with van der Waals surface area (Å²) in [7, 11) is 0. The van der Waals surface area contributed by atoms with Gasteiger partial charge < -0.3 is 5.11 Å². The fourth-order valence-electron chi connectivity index (χ4n) is 2.54. The summed E-state index contributed by atoms with van der Waals surface area (Å²) in [4.78, 5) is 35.3. The highest BCUT2D eigenvalue weighted by Crippen LogP contribution is 2.38. The summed E-state index contributed by atoms with van der Waals surface area (Å²) in [6, 6.07) is -0.796. The summed E-state index contributed by atoms with van der Waals surface area (Å²) in [5.74, 6) is -1.47. The predicted octanol–water partition coefficient (Wildman–Crippen LogP) is 0.546. The van der Waals surface area contributed by atoms with Crippen LogP contribution in [0, 0.1) is 11.3 Å². The molecule has 0 saturated carbocycles. The Morgan fingerprint density at radius 2 is 1.67 bits per heavy atom. The molecule has 1 aliphatic heterocycles. The van der Waals surface area contributed by atoms with Gasteiger partial charge in [0.05, 0.1) is 6.10 Å². The van der Waals surface area contributed by atoms with Crippen molar-refractivity contribution in [2.45, 2.75) is 46.1 Å². The molecule has 1 aliphatic rings. The molecule has 18 heavy (non-hydrogen) atoms. The quantitative estimate of drug-likeness (QED) is 0.626. The van der Waals surface area contributed by atoms with E-state index < -0.39 is 29.4 Å². The number of hydrogen-bond acceptors (Lipinski definition) is 4. The van der Waals surface area contributed by atoms with Crippen molar-refractivity contribution in [3.8, 4) is 0 Å². The fraction of sp³-hybridized carbons (Fsp3) is 0.750. The Bertz CT molecular complexity index is 345. The minimum atomic E-state index is -1.36. The van der Waals surface area contributed by atoms with Gasteiger partial charge in [-0.05, 0) is 25.7 Å². The maximum absolute atomic E-state index is 12.1. The standard InChI is InChI=1S/C12H20N2O4/c1-4-5-7(2)12(6-8(3)15)9(16)13-11(18)14-10(12)17/h7-8,15H,4-6H2,1-3H3,(H2,13,14,16,17,18)/t7-,8+/m1/s1. The van der Waals surface area contributed by atoms with Crippen LogP contribution in [0.25, 0.3) is 0 Å². The van der Waals surface area contributed by atoms with Crippen molar-refractivity contribution in [1.82, 2.24) is 10.6 Å². The average Bonchev–Trinajstić information content (AvgIpc) is 2.23. The number of aliphatic hydroxyl groups is 1. The molecular formula is C12H20N2O4. The van der Waals surface area contributed by atoms with E-state index in [1.54, 1.807) is 6.92 Å². The molecule has 0 aliphatic carbocycles. The van der Waals surface area contributed by atoms with Crippen LogP contribution in [0.15, 0.2) is 0 Å². The first kappa shape index (κ1) is 14.6. The number of aliphatic hydroxyl groups excluding tert-OH is 1. The molecule has 0 bridgehead atoms. The van der Waals surface area contributed by atoms with Crippen molar-refractivity contribution < 1.29 is 19.5 Å². The number of hydrogen-bond donors (Lipinski definition) is 3. The Hall–Kier alpha value is -1.43. The molecule has 0 spiro atoms. The van der Waals surface area contributed by atoms with Crippen LogP contribution in [0.2, 0.25) is 0 Å². The van der Waals surface area contributed by atoms with Crippen molar-refractivity contribution in [2.75, 3.05) is 0 Å². The fourth-order valence-corrected chi connectivity index (χ4v) is 2.54. The lowest BCUT2D eigenvalue weighted by Crippen LogP contribution is -2.65. The van der Waals surface area contributed by atoms with E-state index in [2.05, 4.69) is 10.6 Å². The van der Waals surface area contributed by atoms with E-state index in [0.717, 1.165) is 6.42 Å².